The number of nitrogens with zero attached hydrogens (tertiary/aromatic N) is 1. The van der Waals surface area contributed by atoms with E-state index in [2.05, 4.69) is 0 Å². The number of aryl methyl sites for hydroxylation is 1. The molecule has 1 fully saturated rings. The Labute approximate surface area is 153 Å². The van der Waals surface area contributed by atoms with Crippen molar-refractivity contribution in [3.8, 4) is 0 Å². The van der Waals surface area contributed by atoms with Gasteiger partial charge in [0.15, 0.2) is 5.78 Å². The average molecular weight is 375 g/mol. The molecule has 4 nitrogen and oxygen atoms in total. The zero-order chi connectivity index (χ0) is 19.8. The topological polar surface area (TPSA) is 57.6 Å². The summed E-state index contributed by atoms with van der Waals surface area (Å²) < 4.78 is 40.1. The normalized spacial score (nSPS) is 21.7. The van der Waals surface area contributed by atoms with Gasteiger partial charge in [0.2, 0.25) is 5.60 Å². The smallest absolute Gasteiger partial charge is 0.372 e. The van der Waals surface area contributed by atoms with Crippen LogP contribution in [-0.4, -0.2) is 28.6 Å². The van der Waals surface area contributed by atoms with Crippen molar-refractivity contribution < 1.29 is 27.9 Å². The van der Waals surface area contributed by atoms with E-state index in [0.717, 1.165) is 16.5 Å². The lowest BCUT2D eigenvalue weighted by Gasteiger charge is -2.24. The molecule has 0 radical (unpaired) electrons. The maximum Gasteiger partial charge on any atom is 0.426 e. The molecule has 7 heteroatoms. The summed E-state index contributed by atoms with van der Waals surface area (Å²) in [6, 6.07) is 14.2. The first kappa shape index (κ1) is 18.8. The van der Waals surface area contributed by atoms with Crippen molar-refractivity contribution in [2.24, 2.45) is 0 Å². The van der Waals surface area contributed by atoms with E-state index in [1.54, 1.807) is 37.3 Å². The minimum absolute atomic E-state index is 0.151. The van der Waals surface area contributed by atoms with Gasteiger partial charge in [0, 0.05) is 29.4 Å². The van der Waals surface area contributed by atoms with Gasteiger partial charge in [-0.2, -0.15) is 13.2 Å². The Morgan fingerprint density at radius 1 is 1.11 bits per heavy atom. The summed E-state index contributed by atoms with van der Waals surface area (Å²) in [6.07, 6.45) is -5.23. The number of rotatable bonds is 3. The molecule has 1 atom stereocenters. The molecular weight excluding hydrogens is 359 g/mol. The quantitative estimate of drug-likeness (QED) is 0.656. The van der Waals surface area contributed by atoms with Crippen molar-refractivity contribution in [2.75, 3.05) is 4.90 Å². The lowest BCUT2D eigenvalue weighted by Crippen LogP contribution is -2.51. The van der Waals surface area contributed by atoms with Crippen LogP contribution in [0.1, 0.15) is 22.3 Å². The van der Waals surface area contributed by atoms with E-state index in [4.69, 9.17) is 0 Å². The Morgan fingerprint density at radius 2 is 1.70 bits per heavy atom. The van der Waals surface area contributed by atoms with E-state index >= 15 is 0 Å². The van der Waals surface area contributed by atoms with Crippen LogP contribution in [0, 0.1) is 6.92 Å². The Kier molecular flexibility index (Phi) is 4.65. The molecule has 2 aromatic rings. The van der Waals surface area contributed by atoms with Gasteiger partial charge < -0.3 is 5.11 Å². The van der Waals surface area contributed by atoms with Crippen LogP contribution >= 0.6 is 0 Å². The summed E-state index contributed by atoms with van der Waals surface area (Å²) >= 11 is 0. The van der Waals surface area contributed by atoms with Crippen molar-refractivity contribution in [1.29, 1.82) is 0 Å². The van der Waals surface area contributed by atoms with Crippen molar-refractivity contribution in [2.45, 2.75) is 25.1 Å². The van der Waals surface area contributed by atoms with Gasteiger partial charge in [0.25, 0.3) is 5.91 Å². The number of carbonyl (C=O) groups excluding carboxylic acids is 2. The Bertz CT molecular complexity index is 904. The van der Waals surface area contributed by atoms with Gasteiger partial charge in [-0.1, -0.05) is 48.0 Å². The molecule has 1 aliphatic rings. The minimum atomic E-state index is -5.17. The van der Waals surface area contributed by atoms with E-state index in [-0.39, 0.29) is 16.9 Å². The first-order chi connectivity index (χ1) is 12.6. The lowest BCUT2D eigenvalue weighted by atomic mass is 10.00. The van der Waals surface area contributed by atoms with Crippen molar-refractivity contribution in [1.82, 2.24) is 0 Å². The predicted octanol–water partition coefficient (Wildman–Crippen LogP) is 3.79. The van der Waals surface area contributed by atoms with Crippen LogP contribution in [-0.2, 0) is 4.79 Å². The maximum atomic E-state index is 13.4. The van der Waals surface area contributed by atoms with Crippen molar-refractivity contribution in [3.63, 3.8) is 0 Å². The second-order valence-corrected chi connectivity index (χ2v) is 6.38. The highest BCUT2D eigenvalue weighted by Gasteiger charge is 2.65. The first-order valence-corrected chi connectivity index (χ1v) is 8.14. The molecule has 1 heterocycles. The maximum absolute atomic E-state index is 13.4. The molecule has 1 aliphatic heterocycles. The molecule has 1 amide bonds. The zero-order valence-corrected chi connectivity index (χ0v) is 14.3. The van der Waals surface area contributed by atoms with Crippen LogP contribution in [0.15, 0.2) is 66.4 Å². The van der Waals surface area contributed by atoms with Gasteiger partial charge in [0.05, 0.1) is 0 Å². The van der Waals surface area contributed by atoms with E-state index in [1.807, 2.05) is 0 Å². The van der Waals surface area contributed by atoms with Crippen LogP contribution in [0.4, 0.5) is 18.9 Å². The number of hydrogen-bond acceptors (Lipinski definition) is 3. The van der Waals surface area contributed by atoms with Crippen molar-refractivity contribution >= 4 is 17.4 Å². The highest BCUT2D eigenvalue weighted by molar-refractivity contribution is 6.10. The molecule has 0 saturated carbocycles. The standard InChI is InChI=1S/C20H16F3NO3/c1-13-7-9-15(10-8-13)24-16(11-17(25)14-5-3-2-4-6-14)12-19(27,18(24)26)20(21,22)23/h2-11,27H,12H2,1H3/b16-11+/t19-/m1/s1. The van der Waals surface area contributed by atoms with Crippen molar-refractivity contribution in [3.05, 3.63) is 77.5 Å². The molecule has 27 heavy (non-hydrogen) atoms. The Balaban J connectivity index is 2.08. The third kappa shape index (κ3) is 3.38. The van der Waals surface area contributed by atoms with E-state index in [9.17, 15) is 27.9 Å². The summed E-state index contributed by atoms with van der Waals surface area (Å²) in [7, 11) is 0. The lowest BCUT2D eigenvalue weighted by molar-refractivity contribution is -0.245. The number of carbonyl (C=O) groups is 2. The number of ketones is 1. The SMILES string of the molecule is Cc1ccc(N2C(=O)[C@@](O)(C(F)(F)F)C/C2=C\C(=O)c2ccccc2)cc1. The fraction of sp³-hybridized carbons (Fsp3) is 0.200. The second kappa shape index (κ2) is 6.66. The van der Waals surface area contributed by atoms with Gasteiger partial charge in [-0.15, -0.1) is 0 Å². The zero-order valence-electron chi connectivity index (χ0n) is 14.3. The molecule has 1 saturated heterocycles. The van der Waals surface area contributed by atoms with Gasteiger partial charge in [0.1, 0.15) is 0 Å². The summed E-state index contributed by atoms with van der Waals surface area (Å²) in [4.78, 5) is 25.7. The number of hydrogen-bond donors (Lipinski definition) is 1. The highest BCUT2D eigenvalue weighted by atomic mass is 19.4. The number of benzene rings is 2. The van der Waals surface area contributed by atoms with Gasteiger partial charge >= 0.3 is 6.18 Å². The fourth-order valence-corrected chi connectivity index (χ4v) is 2.88. The number of halogens is 3. The molecule has 3 rings (SSSR count). The van der Waals surface area contributed by atoms with Gasteiger partial charge in [-0.05, 0) is 19.1 Å². The van der Waals surface area contributed by atoms with Gasteiger partial charge in [-0.3, -0.25) is 14.5 Å². The average Bonchev–Trinajstić information content (AvgIpc) is 2.88. The molecule has 0 spiro atoms. The summed E-state index contributed by atoms with van der Waals surface area (Å²) in [5, 5.41) is 10.1. The molecule has 0 bridgehead atoms. The number of aliphatic hydroxyl groups is 1. The second-order valence-electron chi connectivity index (χ2n) is 6.38. The molecule has 1 N–H and O–H groups in total. The molecule has 2 aromatic carbocycles. The molecule has 0 aliphatic carbocycles. The first-order valence-electron chi connectivity index (χ1n) is 8.14. The predicted molar refractivity (Wildman–Crippen MR) is 93.1 cm³/mol. The molecular formula is C20H16F3NO3. The highest BCUT2D eigenvalue weighted by Crippen LogP contribution is 2.44. The summed E-state index contributed by atoms with van der Waals surface area (Å²) in [5.74, 6) is -2.08. The number of alkyl halides is 3. The van der Waals surface area contributed by atoms with Gasteiger partial charge in [-0.25, -0.2) is 0 Å². The molecule has 140 valence electrons. The van der Waals surface area contributed by atoms with Crippen LogP contribution in [0.25, 0.3) is 0 Å². The summed E-state index contributed by atoms with van der Waals surface area (Å²) in [6.45, 7) is 1.79. The van der Waals surface area contributed by atoms with Crippen LogP contribution in [0.5, 0.6) is 0 Å². The van der Waals surface area contributed by atoms with E-state index in [0.29, 0.717) is 0 Å². The number of anilines is 1. The number of amides is 1. The minimum Gasteiger partial charge on any atom is -0.372 e. The van der Waals surface area contributed by atoms with E-state index < -0.39 is 29.9 Å². The van der Waals surface area contributed by atoms with Crippen LogP contribution in [0.3, 0.4) is 0 Å². The molecule has 0 aromatic heterocycles. The third-order valence-electron chi connectivity index (χ3n) is 4.40. The largest absolute Gasteiger partial charge is 0.426 e. The fourth-order valence-electron chi connectivity index (χ4n) is 2.88. The monoisotopic (exact) mass is 375 g/mol. The number of allylic oxidation sites excluding steroid dienone is 1. The van der Waals surface area contributed by atoms with Crippen LogP contribution < -0.4 is 4.90 Å². The molecule has 0 unspecified atom stereocenters. The van der Waals surface area contributed by atoms with E-state index in [1.165, 1.54) is 24.3 Å². The van der Waals surface area contributed by atoms with Crippen LogP contribution in [0.2, 0.25) is 0 Å². The Hall–Kier alpha value is -2.93. The Morgan fingerprint density at radius 3 is 2.26 bits per heavy atom. The third-order valence-corrected chi connectivity index (χ3v) is 4.40. The summed E-state index contributed by atoms with van der Waals surface area (Å²) in [5.41, 5.74) is -2.51.